The maximum absolute atomic E-state index is 5.85. The van der Waals surface area contributed by atoms with Gasteiger partial charge in [-0.2, -0.15) is 4.98 Å². The number of oxazole rings is 1. The van der Waals surface area contributed by atoms with E-state index >= 15 is 0 Å². The van der Waals surface area contributed by atoms with E-state index in [0.717, 1.165) is 36.7 Å². The van der Waals surface area contributed by atoms with Crippen molar-refractivity contribution in [2.75, 3.05) is 24.5 Å². The Bertz CT molecular complexity index is 557. The minimum Gasteiger partial charge on any atom is -0.423 e. The molecule has 0 radical (unpaired) electrons. The molecule has 0 saturated carbocycles. The Hall–Kier alpha value is -1.97. The van der Waals surface area contributed by atoms with Gasteiger partial charge < -0.3 is 14.2 Å². The van der Waals surface area contributed by atoms with Gasteiger partial charge in [-0.05, 0) is 32.2 Å². The van der Waals surface area contributed by atoms with Gasteiger partial charge >= 0.3 is 0 Å². The molecule has 4 heteroatoms. The van der Waals surface area contributed by atoms with Gasteiger partial charge in [0, 0.05) is 25.7 Å². The summed E-state index contributed by atoms with van der Waals surface area (Å²) in [6.07, 6.45) is 4.24. The second-order valence-electron chi connectivity index (χ2n) is 4.98. The molecule has 1 fully saturated rings. The van der Waals surface area contributed by atoms with Crippen LogP contribution in [0.3, 0.4) is 0 Å². The number of aromatic nitrogens is 1. The lowest BCUT2D eigenvalue weighted by molar-refractivity contribution is 0.297. The number of rotatable bonds is 2. The summed E-state index contributed by atoms with van der Waals surface area (Å²) in [6.45, 7) is 7.22. The predicted molar refractivity (Wildman–Crippen MR) is 77.2 cm³/mol. The van der Waals surface area contributed by atoms with Crippen LogP contribution in [-0.4, -0.2) is 35.6 Å². The molecule has 3 rings (SSSR count). The van der Waals surface area contributed by atoms with Crippen LogP contribution in [-0.2, 0) is 0 Å². The van der Waals surface area contributed by atoms with E-state index in [2.05, 4.69) is 40.9 Å². The zero-order valence-corrected chi connectivity index (χ0v) is 11.4. The summed E-state index contributed by atoms with van der Waals surface area (Å²) in [5.74, 6) is 0. The molecule has 1 atom stereocenters. The monoisotopic (exact) mass is 257 g/mol. The van der Waals surface area contributed by atoms with Crippen LogP contribution in [0.4, 0.5) is 6.01 Å². The normalized spacial score (nSPS) is 20.6. The van der Waals surface area contributed by atoms with Crippen molar-refractivity contribution in [1.82, 2.24) is 9.88 Å². The lowest BCUT2D eigenvalue weighted by atomic mass is 10.2. The third-order valence-electron chi connectivity index (χ3n) is 3.55. The Morgan fingerprint density at radius 3 is 2.89 bits per heavy atom. The summed E-state index contributed by atoms with van der Waals surface area (Å²) in [5, 5.41) is 0. The Balaban J connectivity index is 1.82. The lowest BCUT2D eigenvalue weighted by Crippen LogP contribution is -2.50. The first kappa shape index (κ1) is 12.1. The number of hydrogen-bond acceptors (Lipinski definition) is 4. The van der Waals surface area contributed by atoms with Gasteiger partial charge in [-0.3, -0.25) is 0 Å². The van der Waals surface area contributed by atoms with Crippen LogP contribution in [0.25, 0.3) is 11.1 Å². The van der Waals surface area contributed by atoms with E-state index < -0.39 is 0 Å². The molecule has 4 nitrogen and oxygen atoms in total. The molecule has 2 aromatic rings. The van der Waals surface area contributed by atoms with Gasteiger partial charge in [0.25, 0.3) is 6.01 Å². The van der Waals surface area contributed by atoms with Crippen LogP contribution in [0, 0.1) is 0 Å². The number of para-hydroxylation sites is 2. The fraction of sp³-hybridized carbons (Fsp3) is 0.400. The molecule has 1 aromatic heterocycles. The molecule has 0 spiro atoms. The fourth-order valence-corrected chi connectivity index (χ4v) is 2.60. The van der Waals surface area contributed by atoms with E-state index in [4.69, 9.17) is 4.42 Å². The van der Waals surface area contributed by atoms with Gasteiger partial charge in [0.1, 0.15) is 5.52 Å². The molecule has 1 aliphatic rings. The second-order valence-corrected chi connectivity index (χ2v) is 4.98. The van der Waals surface area contributed by atoms with Crippen LogP contribution in [0.15, 0.2) is 41.0 Å². The highest BCUT2D eigenvalue weighted by atomic mass is 16.4. The predicted octanol–water partition coefficient (Wildman–Crippen LogP) is 2.87. The van der Waals surface area contributed by atoms with Gasteiger partial charge in [-0.1, -0.05) is 18.2 Å². The van der Waals surface area contributed by atoms with E-state index in [1.54, 1.807) is 0 Å². The molecule has 1 unspecified atom stereocenters. The first-order chi connectivity index (χ1) is 9.28. The van der Waals surface area contributed by atoms with Crippen molar-refractivity contribution in [2.45, 2.75) is 19.9 Å². The van der Waals surface area contributed by atoms with Crippen molar-refractivity contribution in [1.29, 1.82) is 0 Å². The van der Waals surface area contributed by atoms with Gasteiger partial charge in [0.15, 0.2) is 5.58 Å². The minimum absolute atomic E-state index is 0.401. The molecule has 100 valence electrons. The first-order valence-corrected chi connectivity index (χ1v) is 6.77. The molecular formula is C15H19N3O. The summed E-state index contributed by atoms with van der Waals surface area (Å²) >= 11 is 0. The molecule has 0 aliphatic carbocycles. The standard InChI is InChI=1S/C15H19N3O/c1-3-8-17-9-10-18(12(2)11-17)15-16-13-6-4-5-7-14(13)19-15/h3-8,12H,9-11H2,1-2H3/b8-3+. The van der Waals surface area contributed by atoms with E-state index in [-0.39, 0.29) is 0 Å². The van der Waals surface area contributed by atoms with Crippen molar-refractivity contribution < 1.29 is 4.42 Å². The molecule has 19 heavy (non-hydrogen) atoms. The summed E-state index contributed by atoms with van der Waals surface area (Å²) in [5.41, 5.74) is 1.79. The van der Waals surface area contributed by atoms with Crippen LogP contribution >= 0.6 is 0 Å². The molecule has 1 aromatic carbocycles. The number of anilines is 1. The van der Waals surface area contributed by atoms with Gasteiger partial charge in [0.05, 0.1) is 0 Å². The Morgan fingerprint density at radius 1 is 1.32 bits per heavy atom. The first-order valence-electron chi connectivity index (χ1n) is 6.77. The molecule has 0 amide bonds. The molecule has 1 aliphatic heterocycles. The van der Waals surface area contributed by atoms with E-state index in [0.29, 0.717) is 6.04 Å². The SMILES string of the molecule is C/C=C/N1CCN(c2nc3ccccc3o2)C(C)C1. The third kappa shape index (κ3) is 2.30. The number of benzene rings is 1. The Labute approximate surface area is 113 Å². The smallest absolute Gasteiger partial charge is 0.298 e. The van der Waals surface area contributed by atoms with Crippen molar-refractivity contribution >= 4 is 17.1 Å². The van der Waals surface area contributed by atoms with E-state index in [1.807, 2.05) is 24.3 Å². The van der Waals surface area contributed by atoms with Gasteiger partial charge in [-0.15, -0.1) is 0 Å². The van der Waals surface area contributed by atoms with Crippen molar-refractivity contribution in [2.24, 2.45) is 0 Å². The quantitative estimate of drug-likeness (QED) is 0.828. The van der Waals surface area contributed by atoms with Gasteiger partial charge in [0.2, 0.25) is 0 Å². The Morgan fingerprint density at radius 2 is 2.16 bits per heavy atom. The Kier molecular flexibility index (Phi) is 3.15. The number of hydrogen-bond donors (Lipinski definition) is 0. The zero-order chi connectivity index (χ0) is 13.2. The molecular weight excluding hydrogens is 238 g/mol. The fourth-order valence-electron chi connectivity index (χ4n) is 2.60. The van der Waals surface area contributed by atoms with Crippen LogP contribution < -0.4 is 4.90 Å². The number of piperazine rings is 1. The minimum atomic E-state index is 0.401. The van der Waals surface area contributed by atoms with E-state index in [9.17, 15) is 0 Å². The third-order valence-corrected chi connectivity index (χ3v) is 3.55. The van der Waals surface area contributed by atoms with Crippen molar-refractivity contribution in [3.63, 3.8) is 0 Å². The summed E-state index contributed by atoms with van der Waals surface area (Å²) in [6, 6.07) is 9.06. The van der Waals surface area contributed by atoms with Crippen LogP contribution in [0.1, 0.15) is 13.8 Å². The topological polar surface area (TPSA) is 32.5 Å². The van der Waals surface area contributed by atoms with E-state index in [1.165, 1.54) is 0 Å². The number of allylic oxidation sites excluding steroid dienone is 1. The molecule has 0 bridgehead atoms. The molecule has 0 N–H and O–H groups in total. The number of fused-ring (bicyclic) bond motifs is 1. The zero-order valence-electron chi connectivity index (χ0n) is 11.4. The van der Waals surface area contributed by atoms with Crippen LogP contribution in [0.5, 0.6) is 0 Å². The number of nitrogens with zero attached hydrogens (tertiary/aromatic N) is 3. The summed E-state index contributed by atoms with van der Waals surface area (Å²) in [4.78, 5) is 9.17. The maximum atomic E-state index is 5.85. The summed E-state index contributed by atoms with van der Waals surface area (Å²) in [7, 11) is 0. The average Bonchev–Trinajstić information content (AvgIpc) is 2.82. The molecule has 2 heterocycles. The largest absolute Gasteiger partial charge is 0.423 e. The highest BCUT2D eigenvalue weighted by Crippen LogP contribution is 2.24. The average molecular weight is 257 g/mol. The van der Waals surface area contributed by atoms with Crippen LogP contribution in [0.2, 0.25) is 0 Å². The van der Waals surface area contributed by atoms with Crippen molar-refractivity contribution in [3.8, 4) is 0 Å². The summed E-state index contributed by atoms with van der Waals surface area (Å²) < 4.78 is 5.85. The van der Waals surface area contributed by atoms with Gasteiger partial charge in [-0.25, -0.2) is 0 Å². The second kappa shape index (κ2) is 4.96. The molecule has 1 saturated heterocycles. The highest BCUT2D eigenvalue weighted by Gasteiger charge is 2.25. The lowest BCUT2D eigenvalue weighted by Gasteiger charge is -2.38. The highest BCUT2D eigenvalue weighted by molar-refractivity contribution is 5.74. The van der Waals surface area contributed by atoms with Crippen molar-refractivity contribution in [3.05, 3.63) is 36.5 Å². The maximum Gasteiger partial charge on any atom is 0.298 e.